The van der Waals surface area contributed by atoms with Gasteiger partial charge >= 0.3 is 0 Å². The first-order valence-corrected chi connectivity index (χ1v) is 12.9. The van der Waals surface area contributed by atoms with E-state index in [2.05, 4.69) is 21.2 Å². The van der Waals surface area contributed by atoms with Gasteiger partial charge in [0.1, 0.15) is 29.7 Å². The number of nitrogens with one attached hydrogen (secondary N) is 1. The first-order valence-electron chi connectivity index (χ1n) is 11.8. The highest BCUT2D eigenvalue weighted by Gasteiger charge is 2.15. The Hall–Kier alpha value is -4.05. The number of nitrogens with zero attached hydrogens (tertiary/aromatic N) is 1. The molecule has 0 aliphatic carbocycles. The lowest BCUT2D eigenvalue weighted by molar-refractivity contribution is -0.112. The largest absolute Gasteiger partial charge is 0.496 e. The van der Waals surface area contributed by atoms with Gasteiger partial charge in [-0.15, -0.1) is 0 Å². The Bertz CT molecular complexity index is 1500. The van der Waals surface area contributed by atoms with Crippen LogP contribution in [0.4, 0.5) is 5.69 Å². The average Bonchev–Trinajstić information content (AvgIpc) is 2.94. The molecule has 0 aromatic heterocycles. The summed E-state index contributed by atoms with van der Waals surface area (Å²) in [6, 6.07) is 30.1. The molecule has 4 rings (SSSR count). The van der Waals surface area contributed by atoms with Gasteiger partial charge in [0, 0.05) is 27.2 Å². The van der Waals surface area contributed by atoms with Crippen molar-refractivity contribution >= 4 is 45.2 Å². The summed E-state index contributed by atoms with van der Waals surface area (Å²) >= 11 is 9.95. The van der Waals surface area contributed by atoms with E-state index in [0.29, 0.717) is 40.8 Å². The summed E-state index contributed by atoms with van der Waals surface area (Å²) in [6.45, 7) is 0.448. The molecule has 0 saturated heterocycles. The molecule has 4 aromatic carbocycles. The molecule has 0 heterocycles. The fraction of sp³-hybridized carbons (Fsp3) is 0.0968. The molecule has 0 fully saturated rings. The number of hydrogen-bond donors (Lipinski definition) is 1. The van der Waals surface area contributed by atoms with E-state index in [4.69, 9.17) is 21.1 Å². The van der Waals surface area contributed by atoms with E-state index in [0.717, 1.165) is 21.2 Å². The third-order valence-corrected chi connectivity index (χ3v) is 6.83. The van der Waals surface area contributed by atoms with Crippen LogP contribution in [0.2, 0.25) is 5.02 Å². The first kappa shape index (κ1) is 27.0. The summed E-state index contributed by atoms with van der Waals surface area (Å²) in [4.78, 5) is 12.8. The maximum absolute atomic E-state index is 12.8. The summed E-state index contributed by atoms with van der Waals surface area (Å²) < 4.78 is 12.2. The number of amides is 1. The number of nitriles is 1. The van der Waals surface area contributed by atoms with E-state index >= 15 is 0 Å². The van der Waals surface area contributed by atoms with E-state index in [9.17, 15) is 10.1 Å². The quantitative estimate of drug-likeness (QED) is 0.160. The minimum Gasteiger partial charge on any atom is -0.496 e. The standard InChI is InChI=1S/C31H24BrClN2O3/c1-37-30-17-22(16-28(32)27(30)18-23-9-5-6-10-29(23)33)15-24(19-34)31(36)35-25-11-13-26(14-12-25)38-20-21-7-3-2-4-8-21/h2-17H,18,20H2,1H3,(H,35,36)/b24-15+. The number of halogens is 2. The van der Waals surface area contributed by atoms with Crippen molar-refractivity contribution in [2.45, 2.75) is 13.0 Å². The third kappa shape index (κ3) is 7.04. The number of ether oxygens (including phenoxy) is 2. The zero-order chi connectivity index (χ0) is 26.9. The first-order chi connectivity index (χ1) is 18.5. The van der Waals surface area contributed by atoms with Crippen LogP contribution >= 0.6 is 27.5 Å². The number of carbonyl (C=O) groups excluding carboxylic acids is 1. The van der Waals surface area contributed by atoms with Crippen molar-refractivity contribution in [3.05, 3.63) is 128 Å². The van der Waals surface area contributed by atoms with Crippen molar-refractivity contribution in [3.63, 3.8) is 0 Å². The predicted octanol–water partition coefficient (Wildman–Crippen LogP) is 7.83. The van der Waals surface area contributed by atoms with Crippen LogP contribution in [0.25, 0.3) is 6.08 Å². The van der Waals surface area contributed by atoms with Gasteiger partial charge in [-0.2, -0.15) is 5.26 Å². The minimum atomic E-state index is -0.513. The van der Waals surface area contributed by atoms with Crippen molar-refractivity contribution in [1.82, 2.24) is 0 Å². The maximum atomic E-state index is 12.8. The molecule has 1 amide bonds. The average molecular weight is 588 g/mol. The summed E-state index contributed by atoms with van der Waals surface area (Å²) in [5.74, 6) is 0.784. The number of rotatable bonds is 9. The summed E-state index contributed by atoms with van der Waals surface area (Å²) in [5, 5.41) is 13.1. The topological polar surface area (TPSA) is 71.3 Å². The minimum absolute atomic E-state index is 0.0396. The van der Waals surface area contributed by atoms with Crippen LogP contribution in [0.15, 0.2) is 101 Å². The van der Waals surface area contributed by atoms with E-state index in [1.165, 1.54) is 6.08 Å². The highest BCUT2D eigenvalue weighted by molar-refractivity contribution is 9.10. The van der Waals surface area contributed by atoms with Crippen LogP contribution in [0.1, 0.15) is 22.3 Å². The van der Waals surface area contributed by atoms with Gasteiger partial charge in [-0.3, -0.25) is 4.79 Å². The Morgan fingerprint density at radius 1 is 1.03 bits per heavy atom. The SMILES string of the molecule is COc1cc(/C=C(\C#N)C(=O)Nc2ccc(OCc3ccccc3)cc2)cc(Br)c1Cc1ccccc1Cl. The second kappa shape index (κ2) is 13.0. The Morgan fingerprint density at radius 2 is 1.74 bits per heavy atom. The van der Waals surface area contributed by atoms with Crippen LogP contribution in [-0.4, -0.2) is 13.0 Å². The van der Waals surface area contributed by atoms with Gasteiger partial charge in [-0.25, -0.2) is 0 Å². The van der Waals surface area contributed by atoms with Crippen LogP contribution in [0.3, 0.4) is 0 Å². The molecule has 0 atom stereocenters. The molecule has 0 aliphatic heterocycles. The van der Waals surface area contributed by atoms with Crippen molar-refractivity contribution < 1.29 is 14.3 Å². The van der Waals surface area contributed by atoms with Crippen molar-refractivity contribution in [3.8, 4) is 17.6 Å². The number of methoxy groups -OCH3 is 1. The summed E-state index contributed by atoms with van der Waals surface area (Å²) in [6.07, 6.45) is 2.09. The van der Waals surface area contributed by atoms with Gasteiger partial charge in [0.25, 0.3) is 5.91 Å². The molecule has 38 heavy (non-hydrogen) atoms. The molecule has 5 nitrogen and oxygen atoms in total. The van der Waals surface area contributed by atoms with Crippen molar-refractivity contribution in [2.75, 3.05) is 12.4 Å². The fourth-order valence-corrected chi connectivity index (χ4v) is 4.59. The molecule has 0 bridgehead atoms. The molecule has 0 saturated carbocycles. The fourth-order valence-electron chi connectivity index (χ4n) is 3.79. The Balaban J connectivity index is 1.46. The Morgan fingerprint density at radius 3 is 2.42 bits per heavy atom. The lowest BCUT2D eigenvalue weighted by Gasteiger charge is -2.13. The second-order valence-corrected chi connectivity index (χ2v) is 9.64. The molecule has 4 aromatic rings. The summed E-state index contributed by atoms with van der Waals surface area (Å²) in [7, 11) is 1.58. The second-order valence-electron chi connectivity index (χ2n) is 8.37. The number of carbonyl (C=O) groups is 1. The number of hydrogen-bond acceptors (Lipinski definition) is 4. The Labute approximate surface area is 235 Å². The van der Waals surface area contributed by atoms with E-state index in [-0.39, 0.29) is 5.57 Å². The van der Waals surface area contributed by atoms with E-state index < -0.39 is 5.91 Å². The zero-order valence-electron chi connectivity index (χ0n) is 20.6. The molecule has 0 aliphatic rings. The highest BCUT2D eigenvalue weighted by Crippen LogP contribution is 2.33. The van der Waals surface area contributed by atoms with Crippen LogP contribution < -0.4 is 14.8 Å². The normalized spacial score (nSPS) is 10.9. The van der Waals surface area contributed by atoms with Crippen molar-refractivity contribution in [1.29, 1.82) is 5.26 Å². The molecule has 1 N–H and O–H groups in total. The van der Waals surface area contributed by atoms with E-state index in [1.807, 2.05) is 66.7 Å². The predicted molar refractivity (Wildman–Crippen MR) is 154 cm³/mol. The van der Waals surface area contributed by atoms with Crippen LogP contribution in [0, 0.1) is 11.3 Å². The molecule has 0 radical (unpaired) electrons. The molecule has 0 spiro atoms. The molecular formula is C31H24BrClN2O3. The van der Waals surface area contributed by atoms with E-state index in [1.54, 1.807) is 37.4 Å². The molecular weight excluding hydrogens is 564 g/mol. The maximum Gasteiger partial charge on any atom is 0.266 e. The van der Waals surface area contributed by atoms with Crippen LogP contribution in [0.5, 0.6) is 11.5 Å². The van der Waals surface area contributed by atoms with Gasteiger partial charge in [-0.05, 0) is 65.2 Å². The smallest absolute Gasteiger partial charge is 0.266 e. The molecule has 190 valence electrons. The van der Waals surface area contributed by atoms with Gasteiger partial charge in [-0.1, -0.05) is 76.1 Å². The number of benzene rings is 4. The number of anilines is 1. The van der Waals surface area contributed by atoms with Gasteiger partial charge in [0.15, 0.2) is 0 Å². The Kier molecular flexibility index (Phi) is 9.21. The molecule has 0 unspecified atom stereocenters. The lowest BCUT2D eigenvalue weighted by atomic mass is 10.0. The molecule has 7 heteroatoms. The monoisotopic (exact) mass is 586 g/mol. The zero-order valence-corrected chi connectivity index (χ0v) is 22.9. The third-order valence-electron chi connectivity index (χ3n) is 5.76. The van der Waals surface area contributed by atoms with Gasteiger partial charge in [0.2, 0.25) is 0 Å². The van der Waals surface area contributed by atoms with Gasteiger partial charge < -0.3 is 14.8 Å². The van der Waals surface area contributed by atoms with Gasteiger partial charge in [0.05, 0.1) is 7.11 Å². The van der Waals surface area contributed by atoms with Crippen molar-refractivity contribution in [2.24, 2.45) is 0 Å². The summed E-state index contributed by atoms with van der Waals surface area (Å²) in [5.41, 5.74) is 4.10. The lowest BCUT2D eigenvalue weighted by Crippen LogP contribution is -2.13. The highest BCUT2D eigenvalue weighted by atomic mass is 79.9. The van der Waals surface area contributed by atoms with Crippen LogP contribution in [-0.2, 0) is 17.8 Å².